The zero-order valence-corrected chi connectivity index (χ0v) is 12.1. The summed E-state index contributed by atoms with van der Waals surface area (Å²) < 4.78 is 0. The van der Waals surface area contributed by atoms with Crippen LogP contribution in [0, 0.1) is 0 Å². The second-order valence-electron chi connectivity index (χ2n) is 5.49. The fourth-order valence-electron chi connectivity index (χ4n) is 2.56. The summed E-state index contributed by atoms with van der Waals surface area (Å²) in [5.41, 5.74) is 2.16. The van der Waals surface area contributed by atoms with Gasteiger partial charge >= 0.3 is 0 Å². The first kappa shape index (κ1) is 14.3. The number of rotatable bonds is 4. The predicted octanol–water partition coefficient (Wildman–Crippen LogP) is 2.12. The van der Waals surface area contributed by atoms with Gasteiger partial charge in [-0.1, -0.05) is 42.5 Å². The highest BCUT2D eigenvalue weighted by atomic mass is 16.3. The number of aromatic hydroxyl groups is 1. The molecule has 1 aliphatic rings. The molecule has 2 atom stereocenters. The second kappa shape index (κ2) is 6.43. The van der Waals surface area contributed by atoms with Gasteiger partial charge in [-0.15, -0.1) is 0 Å². The molecular formula is C18H18N2O2. The highest BCUT2D eigenvalue weighted by Crippen LogP contribution is 2.14. The Morgan fingerprint density at radius 2 is 1.64 bits per heavy atom. The van der Waals surface area contributed by atoms with Crippen molar-refractivity contribution in [2.24, 2.45) is 4.99 Å². The van der Waals surface area contributed by atoms with Crippen molar-refractivity contribution in [3.05, 3.63) is 65.7 Å². The van der Waals surface area contributed by atoms with Crippen LogP contribution in [0.2, 0.25) is 0 Å². The third-order valence-electron chi connectivity index (χ3n) is 3.74. The number of amides is 1. The smallest absolute Gasteiger partial charge is 0.245 e. The Kier molecular flexibility index (Phi) is 4.19. The number of phenols is 1. The van der Waals surface area contributed by atoms with Crippen molar-refractivity contribution in [1.82, 2.24) is 5.32 Å². The quantitative estimate of drug-likeness (QED) is 0.907. The molecule has 3 rings (SSSR count). The van der Waals surface area contributed by atoms with Gasteiger partial charge in [-0.05, 0) is 29.7 Å². The maximum Gasteiger partial charge on any atom is 0.245 e. The Morgan fingerprint density at radius 3 is 2.32 bits per heavy atom. The summed E-state index contributed by atoms with van der Waals surface area (Å²) in [5.74, 6) is 0.180. The Bertz CT molecular complexity index is 665. The van der Waals surface area contributed by atoms with Gasteiger partial charge < -0.3 is 10.4 Å². The number of nitrogens with one attached hydrogen (secondary N) is 1. The van der Waals surface area contributed by atoms with Crippen LogP contribution in [0.4, 0.5) is 0 Å². The SMILES string of the molecule is O=C1NC(Cc2ccccc2)C=NC1Cc1ccc(O)cc1. The zero-order valence-electron chi connectivity index (χ0n) is 12.1. The van der Waals surface area contributed by atoms with E-state index >= 15 is 0 Å². The molecule has 0 saturated heterocycles. The molecule has 0 saturated carbocycles. The summed E-state index contributed by atoms with van der Waals surface area (Å²) in [5, 5.41) is 12.3. The van der Waals surface area contributed by atoms with Crippen molar-refractivity contribution in [3.8, 4) is 5.75 Å². The van der Waals surface area contributed by atoms with E-state index in [2.05, 4.69) is 10.3 Å². The first-order chi connectivity index (χ1) is 10.7. The molecule has 2 aromatic rings. The van der Waals surface area contributed by atoms with Gasteiger partial charge in [-0.25, -0.2) is 0 Å². The first-order valence-corrected chi connectivity index (χ1v) is 7.36. The number of carbonyl (C=O) groups is 1. The molecule has 1 heterocycles. The van der Waals surface area contributed by atoms with Crippen molar-refractivity contribution in [3.63, 3.8) is 0 Å². The average Bonchev–Trinajstić information content (AvgIpc) is 2.53. The molecule has 0 radical (unpaired) electrons. The van der Waals surface area contributed by atoms with Gasteiger partial charge in [0.15, 0.2) is 0 Å². The zero-order chi connectivity index (χ0) is 15.4. The topological polar surface area (TPSA) is 61.7 Å². The van der Waals surface area contributed by atoms with E-state index in [9.17, 15) is 9.90 Å². The van der Waals surface area contributed by atoms with E-state index in [0.29, 0.717) is 6.42 Å². The maximum absolute atomic E-state index is 12.2. The molecular weight excluding hydrogens is 276 g/mol. The molecule has 0 spiro atoms. The lowest BCUT2D eigenvalue weighted by Crippen LogP contribution is -2.47. The fourth-order valence-corrected chi connectivity index (χ4v) is 2.56. The van der Waals surface area contributed by atoms with E-state index in [1.54, 1.807) is 12.1 Å². The van der Waals surface area contributed by atoms with Crippen molar-refractivity contribution in [1.29, 1.82) is 0 Å². The number of aliphatic imine (C=N–C) groups is 1. The molecule has 0 fully saturated rings. The number of carbonyl (C=O) groups excluding carboxylic acids is 1. The number of nitrogens with zero attached hydrogens (tertiary/aromatic N) is 1. The van der Waals surface area contributed by atoms with Crippen molar-refractivity contribution in [2.75, 3.05) is 0 Å². The molecule has 22 heavy (non-hydrogen) atoms. The highest BCUT2D eigenvalue weighted by molar-refractivity contribution is 5.90. The van der Waals surface area contributed by atoms with E-state index in [4.69, 9.17) is 0 Å². The number of benzene rings is 2. The number of hydrogen-bond donors (Lipinski definition) is 2. The lowest BCUT2D eigenvalue weighted by atomic mass is 10.0. The van der Waals surface area contributed by atoms with Crippen LogP contribution in [0.25, 0.3) is 0 Å². The largest absolute Gasteiger partial charge is 0.508 e. The Hall–Kier alpha value is -2.62. The van der Waals surface area contributed by atoms with E-state index < -0.39 is 6.04 Å². The molecule has 1 aliphatic heterocycles. The lowest BCUT2D eigenvalue weighted by molar-refractivity contribution is -0.122. The third kappa shape index (κ3) is 3.52. The minimum Gasteiger partial charge on any atom is -0.508 e. The summed E-state index contributed by atoms with van der Waals surface area (Å²) in [6, 6.07) is 16.5. The second-order valence-corrected chi connectivity index (χ2v) is 5.49. The Balaban J connectivity index is 1.63. The predicted molar refractivity (Wildman–Crippen MR) is 86.2 cm³/mol. The van der Waals surface area contributed by atoms with Gasteiger partial charge in [0, 0.05) is 12.6 Å². The summed E-state index contributed by atoms with van der Waals surface area (Å²) in [4.78, 5) is 16.6. The van der Waals surface area contributed by atoms with E-state index in [0.717, 1.165) is 12.0 Å². The molecule has 0 bridgehead atoms. The molecule has 0 aromatic heterocycles. The molecule has 112 valence electrons. The van der Waals surface area contributed by atoms with Gasteiger partial charge in [0.1, 0.15) is 11.8 Å². The summed E-state index contributed by atoms with van der Waals surface area (Å²) in [7, 11) is 0. The van der Waals surface area contributed by atoms with Crippen LogP contribution < -0.4 is 5.32 Å². The van der Waals surface area contributed by atoms with Gasteiger partial charge in [-0.2, -0.15) is 0 Å². The lowest BCUT2D eigenvalue weighted by Gasteiger charge is -2.23. The molecule has 2 aromatic carbocycles. The Morgan fingerprint density at radius 1 is 0.955 bits per heavy atom. The summed E-state index contributed by atoms with van der Waals surface area (Å²) in [6.07, 6.45) is 3.13. The molecule has 4 heteroatoms. The Labute approximate surface area is 129 Å². The van der Waals surface area contributed by atoms with Gasteiger partial charge in [0.2, 0.25) is 5.91 Å². The van der Waals surface area contributed by atoms with Crippen molar-refractivity contribution in [2.45, 2.75) is 24.9 Å². The normalized spacial score (nSPS) is 20.6. The van der Waals surface area contributed by atoms with Crippen molar-refractivity contribution >= 4 is 12.1 Å². The molecule has 2 unspecified atom stereocenters. The van der Waals surface area contributed by atoms with Crippen LogP contribution in [-0.4, -0.2) is 29.3 Å². The van der Waals surface area contributed by atoms with Gasteiger partial charge in [0.25, 0.3) is 0 Å². The number of hydrogen-bond acceptors (Lipinski definition) is 3. The molecule has 4 nitrogen and oxygen atoms in total. The molecule has 0 aliphatic carbocycles. The maximum atomic E-state index is 12.2. The van der Waals surface area contributed by atoms with Gasteiger partial charge in [-0.3, -0.25) is 9.79 Å². The van der Waals surface area contributed by atoms with E-state index in [1.165, 1.54) is 5.56 Å². The van der Waals surface area contributed by atoms with Crippen molar-refractivity contribution < 1.29 is 9.90 Å². The van der Waals surface area contributed by atoms with Crippen LogP contribution in [-0.2, 0) is 17.6 Å². The number of phenolic OH excluding ortho intramolecular Hbond substituents is 1. The van der Waals surface area contributed by atoms with Crippen LogP contribution in [0.1, 0.15) is 11.1 Å². The molecule has 2 N–H and O–H groups in total. The van der Waals surface area contributed by atoms with E-state index in [1.807, 2.05) is 48.7 Å². The average molecular weight is 294 g/mol. The monoisotopic (exact) mass is 294 g/mol. The van der Waals surface area contributed by atoms with Crippen LogP contribution >= 0.6 is 0 Å². The highest BCUT2D eigenvalue weighted by Gasteiger charge is 2.24. The standard InChI is InChI=1S/C18H18N2O2/c21-16-8-6-14(7-9-16)11-17-18(22)20-15(12-19-17)10-13-4-2-1-3-5-13/h1-9,12,15,17,21H,10-11H2,(H,20,22). The van der Waals surface area contributed by atoms with Crippen LogP contribution in [0.15, 0.2) is 59.6 Å². The minimum absolute atomic E-state index is 0.0449. The first-order valence-electron chi connectivity index (χ1n) is 7.36. The third-order valence-corrected chi connectivity index (χ3v) is 3.74. The van der Waals surface area contributed by atoms with Gasteiger partial charge in [0.05, 0.1) is 6.04 Å². The van der Waals surface area contributed by atoms with Crippen LogP contribution in [0.5, 0.6) is 5.75 Å². The fraction of sp³-hybridized carbons (Fsp3) is 0.222. The van der Waals surface area contributed by atoms with E-state index in [-0.39, 0.29) is 17.7 Å². The van der Waals surface area contributed by atoms with Crippen LogP contribution in [0.3, 0.4) is 0 Å². The molecule has 1 amide bonds. The summed E-state index contributed by atoms with van der Waals surface area (Å²) in [6.45, 7) is 0. The summed E-state index contributed by atoms with van der Waals surface area (Å²) >= 11 is 0. The minimum atomic E-state index is -0.392.